The summed E-state index contributed by atoms with van der Waals surface area (Å²) in [5, 5.41) is 0.481. The number of ether oxygens (including phenoxy) is 1. The average molecular weight is 374 g/mol. The highest BCUT2D eigenvalue weighted by molar-refractivity contribution is 9.10. The highest BCUT2D eigenvalue weighted by Gasteiger charge is 2.17. The van der Waals surface area contributed by atoms with Crippen LogP contribution in [0.25, 0.3) is 0 Å². The summed E-state index contributed by atoms with van der Waals surface area (Å²) in [6.07, 6.45) is 0. The molecular weight excluding hydrogens is 359 g/mol. The second kappa shape index (κ2) is 6.84. The van der Waals surface area contributed by atoms with Crippen LogP contribution in [0.15, 0.2) is 40.9 Å². The zero-order valence-corrected chi connectivity index (χ0v) is 14.4. The van der Waals surface area contributed by atoms with Crippen molar-refractivity contribution >= 4 is 39.1 Å². The minimum Gasteiger partial charge on any atom is -0.494 e. The van der Waals surface area contributed by atoms with Crippen molar-refractivity contribution < 1.29 is 4.74 Å². The van der Waals surface area contributed by atoms with Gasteiger partial charge in [-0.1, -0.05) is 45.7 Å². The molecule has 0 spiro atoms. The Balaban J connectivity index is 2.38. The van der Waals surface area contributed by atoms with Gasteiger partial charge in [-0.2, -0.15) is 0 Å². The highest BCUT2D eigenvalue weighted by Crippen LogP contribution is 2.38. The molecule has 4 heteroatoms. The monoisotopic (exact) mass is 372 g/mol. The summed E-state index contributed by atoms with van der Waals surface area (Å²) in [6.45, 7) is 4.58. The SMILES string of the molecule is CCOc1ccc(C(Cl)c2cccc(Cl)c2C)c(Br)c1. The van der Waals surface area contributed by atoms with E-state index >= 15 is 0 Å². The van der Waals surface area contributed by atoms with Gasteiger partial charge in [-0.3, -0.25) is 0 Å². The van der Waals surface area contributed by atoms with Gasteiger partial charge in [0.25, 0.3) is 0 Å². The molecule has 0 saturated heterocycles. The number of hydrogen-bond acceptors (Lipinski definition) is 1. The number of rotatable bonds is 4. The Kier molecular flexibility index (Phi) is 5.36. The summed E-state index contributed by atoms with van der Waals surface area (Å²) >= 11 is 16.3. The van der Waals surface area contributed by atoms with E-state index in [0.29, 0.717) is 6.61 Å². The lowest BCUT2D eigenvalue weighted by molar-refractivity contribution is 0.340. The first kappa shape index (κ1) is 15.7. The largest absolute Gasteiger partial charge is 0.494 e. The number of benzene rings is 2. The Labute approximate surface area is 138 Å². The predicted octanol–water partition coefficient (Wildman–Crippen LogP) is 6.14. The van der Waals surface area contributed by atoms with Crippen molar-refractivity contribution in [3.8, 4) is 5.75 Å². The molecule has 1 nitrogen and oxygen atoms in total. The predicted molar refractivity (Wildman–Crippen MR) is 89.2 cm³/mol. The van der Waals surface area contributed by atoms with Crippen LogP contribution in [0.4, 0.5) is 0 Å². The van der Waals surface area contributed by atoms with E-state index in [-0.39, 0.29) is 5.38 Å². The van der Waals surface area contributed by atoms with Gasteiger partial charge in [0.2, 0.25) is 0 Å². The third kappa shape index (κ3) is 3.30. The highest BCUT2D eigenvalue weighted by atomic mass is 79.9. The Bertz CT molecular complexity index is 613. The van der Waals surface area contributed by atoms with Gasteiger partial charge in [0.05, 0.1) is 12.0 Å². The standard InChI is InChI=1S/C16H15BrCl2O/c1-3-20-11-7-8-13(14(17)9-11)16(19)12-5-4-6-15(18)10(12)2/h4-9,16H,3H2,1-2H3. The average Bonchev–Trinajstić information content (AvgIpc) is 2.42. The van der Waals surface area contributed by atoms with Crippen molar-refractivity contribution in [2.75, 3.05) is 6.61 Å². The van der Waals surface area contributed by atoms with Crippen LogP contribution in [0.2, 0.25) is 5.02 Å². The van der Waals surface area contributed by atoms with Crippen molar-refractivity contribution in [1.29, 1.82) is 0 Å². The molecule has 2 aromatic rings. The normalized spacial score (nSPS) is 12.2. The van der Waals surface area contributed by atoms with Gasteiger partial charge in [-0.05, 0) is 48.7 Å². The summed E-state index contributed by atoms with van der Waals surface area (Å²) in [4.78, 5) is 0. The van der Waals surface area contributed by atoms with Gasteiger partial charge in [-0.15, -0.1) is 11.6 Å². The maximum Gasteiger partial charge on any atom is 0.120 e. The van der Waals surface area contributed by atoms with E-state index in [1.807, 2.05) is 50.2 Å². The summed E-state index contributed by atoms with van der Waals surface area (Å²) in [6, 6.07) is 11.6. The molecule has 0 aromatic heterocycles. The fourth-order valence-electron chi connectivity index (χ4n) is 2.04. The summed E-state index contributed by atoms with van der Waals surface area (Å²) in [5.74, 6) is 0.829. The molecule has 2 aromatic carbocycles. The molecule has 0 fully saturated rings. The molecule has 1 unspecified atom stereocenters. The third-order valence-electron chi connectivity index (χ3n) is 3.14. The molecule has 0 aliphatic heterocycles. The first-order valence-corrected chi connectivity index (χ1v) is 7.96. The summed E-state index contributed by atoms with van der Waals surface area (Å²) in [5.41, 5.74) is 3.03. The summed E-state index contributed by atoms with van der Waals surface area (Å²) in [7, 11) is 0. The topological polar surface area (TPSA) is 9.23 Å². The zero-order valence-electron chi connectivity index (χ0n) is 11.3. The Morgan fingerprint density at radius 3 is 2.60 bits per heavy atom. The third-order valence-corrected chi connectivity index (χ3v) is 4.71. The molecule has 0 aliphatic carbocycles. The smallest absolute Gasteiger partial charge is 0.120 e. The minimum absolute atomic E-state index is 0.251. The van der Waals surface area contributed by atoms with Gasteiger partial charge < -0.3 is 4.74 Å². The summed E-state index contributed by atoms with van der Waals surface area (Å²) < 4.78 is 6.41. The molecule has 0 aliphatic rings. The molecule has 0 amide bonds. The maximum atomic E-state index is 6.61. The van der Waals surface area contributed by atoms with Crippen molar-refractivity contribution in [3.63, 3.8) is 0 Å². The molecule has 0 radical (unpaired) electrons. The van der Waals surface area contributed by atoms with Crippen LogP contribution in [0, 0.1) is 6.92 Å². The molecular formula is C16H15BrCl2O. The Hall–Kier alpha value is -0.700. The first-order chi connectivity index (χ1) is 9.54. The Morgan fingerprint density at radius 2 is 1.95 bits per heavy atom. The van der Waals surface area contributed by atoms with Gasteiger partial charge in [-0.25, -0.2) is 0 Å². The second-order valence-corrected chi connectivity index (χ2v) is 6.13. The molecule has 2 rings (SSSR count). The van der Waals surface area contributed by atoms with Crippen LogP contribution in [0.3, 0.4) is 0 Å². The fraction of sp³-hybridized carbons (Fsp3) is 0.250. The lowest BCUT2D eigenvalue weighted by Gasteiger charge is -2.16. The van der Waals surface area contributed by atoms with E-state index in [2.05, 4.69) is 15.9 Å². The molecule has 106 valence electrons. The van der Waals surface area contributed by atoms with Gasteiger partial charge in [0, 0.05) is 9.50 Å². The molecule has 0 heterocycles. The van der Waals surface area contributed by atoms with Crippen LogP contribution in [0.1, 0.15) is 29.0 Å². The van der Waals surface area contributed by atoms with Crippen LogP contribution in [-0.4, -0.2) is 6.61 Å². The fourth-order valence-corrected chi connectivity index (χ4v) is 3.36. The van der Waals surface area contributed by atoms with E-state index in [0.717, 1.165) is 31.9 Å². The quantitative estimate of drug-likeness (QED) is 0.585. The Morgan fingerprint density at radius 1 is 1.20 bits per heavy atom. The van der Waals surface area contributed by atoms with Crippen LogP contribution >= 0.6 is 39.1 Å². The number of halogens is 3. The molecule has 0 N–H and O–H groups in total. The second-order valence-electron chi connectivity index (χ2n) is 4.43. The zero-order chi connectivity index (χ0) is 14.7. The van der Waals surface area contributed by atoms with Crippen molar-refractivity contribution in [1.82, 2.24) is 0 Å². The number of alkyl halides is 1. The van der Waals surface area contributed by atoms with Crippen LogP contribution in [0.5, 0.6) is 5.75 Å². The van der Waals surface area contributed by atoms with Crippen LogP contribution in [-0.2, 0) is 0 Å². The van der Waals surface area contributed by atoms with Crippen LogP contribution < -0.4 is 4.74 Å². The van der Waals surface area contributed by atoms with E-state index in [1.54, 1.807) is 0 Å². The molecule has 20 heavy (non-hydrogen) atoms. The molecule has 0 bridgehead atoms. The van der Waals surface area contributed by atoms with Gasteiger partial charge >= 0.3 is 0 Å². The molecule has 1 atom stereocenters. The van der Waals surface area contributed by atoms with Crippen molar-refractivity contribution in [2.45, 2.75) is 19.2 Å². The lowest BCUT2D eigenvalue weighted by Crippen LogP contribution is -1.99. The minimum atomic E-state index is -0.251. The van der Waals surface area contributed by atoms with E-state index in [1.165, 1.54) is 0 Å². The lowest BCUT2D eigenvalue weighted by atomic mass is 10.00. The van der Waals surface area contributed by atoms with Gasteiger partial charge in [0.1, 0.15) is 5.75 Å². The van der Waals surface area contributed by atoms with Crippen molar-refractivity contribution in [3.05, 3.63) is 62.6 Å². The van der Waals surface area contributed by atoms with E-state index < -0.39 is 0 Å². The first-order valence-electron chi connectivity index (χ1n) is 6.36. The van der Waals surface area contributed by atoms with E-state index in [4.69, 9.17) is 27.9 Å². The van der Waals surface area contributed by atoms with Crippen molar-refractivity contribution in [2.24, 2.45) is 0 Å². The number of hydrogen-bond donors (Lipinski definition) is 0. The maximum absolute atomic E-state index is 6.61. The van der Waals surface area contributed by atoms with Gasteiger partial charge in [0.15, 0.2) is 0 Å². The van der Waals surface area contributed by atoms with E-state index in [9.17, 15) is 0 Å². The molecule has 0 saturated carbocycles.